The fourth-order valence-electron chi connectivity index (χ4n) is 4.51. The molecule has 2 atom stereocenters. The first-order chi connectivity index (χ1) is 16.7. The van der Waals surface area contributed by atoms with Gasteiger partial charge in [-0.25, -0.2) is 4.39 Å². The highest BCUT2D eigenvalue weighted by molar-refractivity contribution is 6.44. The number of hydrogen-bond donors (Lipinski definition) is 2. The van der Waals surface area contributed by atoms with Crippen molar-refractivity contribution in [2.75, 3.05) is 33.8 Å². The number of carbonyl (C=O) groups is 3. The zero-order chi connectivity index (χ0) is 25.3. The number of piperazine rings is 1. The maximum Gasteiger partial charge on any atom is 0.292 e. The van der Waals surface area contributed by atoms with Crippen LogP contribution in [0.1, 0.15) is 46.2 Å². The molecule has 0 aliphatic carbocycles. The number of Topliss-reactive ketones (excluding diaryl/α,β-unsaturated/α-hetero) is 1. The Hall–Kier alpha value is -3.79. The van der Waals surface area contributed by atoms with Crippen molar-refractivity contribution in [2.24, 2.45) is 0 Å². The number of nitrogens with one attached hydrogen (secondary N) is 2. The van der Waals surface area contributed by atoms with Gasteiger partial charge in [-0.15, -0.1) is 0 Å². The van der Waals surface area contributed by atoms with E-state index in [1.807, 2.05) is 6.92 Å². The van der Waals surface area contributed by atoms with Gasteiger partial charge in [-0.2, -0.15) is 4.98 Å². The molecule has 4 rings (SSSR count). The Kier molecular flexibility index (Phi) is 6.83. The number of fused-ring (bicyclic) bond motifs is 1. The second-order valence-electron chi connectivity index (χ2n) is 8.62. The van der Waals surface area contributed by atoms with Crippen LogP contribution in [0.25, 0.3) is 11.0 Å². The number of carbonyl (C=O) groups excluding carboxylic acids is 3. The third kappa shape index (κ3) is 4.61. The lowest BCUT2D eigenvalue weighted by Crippen LogP contribution is -2.54. The molecule has 0 saturated carbocycles. The van der Waals surface area contributed by atoms with E-state index in [9.17, 15) is 18.8 Å². The van der Waals surface area contributed by atoms with E-state index in [1.54, 1.807) is 23.1 Å². The van der Waals surface area contributed by atoms with Gasteiger partial charge in [0.2, 0.25) is 5.88 Å². The van der Waals surface area contributed by atoms with Crippen molar-refractivity contribution in [2.45, 2.75) is 25.9 Å². The summed E-state index contributed by atoms with van der Waals surface area (Å²) in [6.07, 6.45) is 1.40. The van der Waals surface area contributed by atoms with E-state index < -0.39 is 11.7 Å². The number of aromatic amines is 1. The molecule has 0 spiro atoms. The van der Waals surface area contributed by atoms with Crippen molar-refractivity contribution in [3.63, 3.8) is 0 Å². The predicted molar refractivity (Wildman–Crippen MR) is 128 cm³/mol. The summed E-state index contributed by atoms with van der Waals surface area (Å²) < 4.78 is 18.7. The molecule has 1 aromatic carbocycles. The van der Waals surface area contributed by atoms with Gasteiger partial charge in [0.25, 0.3) is 17.6 Å². The molecule has 3 heterocycles. The molecule has 2 N–H and O–H groups in total. The van der Waals surface area contributed by atoms with Gasteiger partial charge in [0.15, 0.2) is 0 Å². The van der Waals surface area contributed by atoms with Crippen LogP contribution in [-0.2, 0) is 4.79 Å². The van der Waals surface area contributed by atoms with Gasteiger partial charge in [-0.3, -0.25) is 19.3 Å². The van der Waals surface area contributed by atoms with Crippen molar-refractivity contribution >= 4 is 28.6 Å². The average molecular weight is 482 g/mol. The smallest absolute Gasteiger partial charge is 0.292 e. The fourth-order valence-corrected chi connectivity index (χ4v) is 4.51. The number of ether oxygens (including phenoxy) is 1. The minimum Gasteiger partial charge on any atom is -0.480 e. The van der Waals surface area contributed by atoms with Crippen LogP contribution in [-0.4, -0.2) is 77.2 Å². The number of likely N-dealkylation sites (N-methyl/N-ethyl adjacent to an activating group) is 1. The van der Waals surface area contributed by atoms with Gasteiger partial charge in [0.1, 0.15) is 17.0 Å². The standard InChI is InChI=1S/C25H28FN5O4/c1-14-13-30(15(2)16-5-7-17(26)8-6-16)9-10-31(14)25(34)19-11-18-20(21(32)23(33)27-3)12-28-22(18)29-24(19)35-4/h5-8,11-12,14-15H,9-10,13H2,1-4H3,(H,27,33)(H,28,29)/t14-,15+/m1/s1. The molecule has 1 saturated heterocycles. The lowest BCUT2D eigenvalue weighted by Gasteiger charge is -2.42. The summed E-state index contributed by atoms with van der Waals surface area (Å²) in [6, 6.07) is 7.98. The molecule has 1 fully saturated rings. The van der Waals surface area contributed by atoms with Crippen LogP contribution in [0, 0.1) is 5.82 Å². The predicted octanol–water partition coefficient (Wildman–Crippen LogP) is 2.55. The van der Waals surface area contributed by atoms with E-state index in [1.165, 1.54) is 32.5 Å². The van der Waals surface area contributed by atoms with E-state index in [2.05, 4.69) is 27.1 Å². The highest BCUT2D eigenvalue weighted by atomic mass is 19.1. The number of benzene rings is 1. The number of nitrogens with zero attached hydrogens (tertiary/aromatic N) is 3. The number of hydrogen-bond acceptors (Lipinski definition) is 6. The fraction of sp³-hybridized carbons (Fsp3) is 0.360. The van der Waals surface area contributed by atoms with E-state index in [4.69, 9.17) is 4.74 Å². The molecule has 0 unspecified atom stereocenters. The molecule has 1 aliphatic heterocycles. The number of methoxy groups -OCH3 is 1. The van der Waals surface area contributed by atoms with Crippen molar-refractivity contribution < 1.29 is 23.5 Å². The number of aromatic nitrogens is 2. The van der Waals surface area contributed by atoms with Crippen LogP contribution >= 0.6 is 0 Å². The monoisotopic (exact) mass is 481 g/mol. The molecule has 3 aromatic rings. The average Bonchev–Trinajstić information content (AvgIpc) is 3.29. The Labute approximate surface area is 202 Å². The van der Waals surface area contributed by atoms with Gasteiger partial charge in [-0.05, 0) is 37.6 Å². The summed E-state index contributed by atoms with van der Waals surface area (Å²) in [7, 11) is 2.81. The van der Waals surface area contributed by atoms with Crippen LogP contribution in [0.5, 0.6) is 5.88 Å². The Balaban J connectivity index is 1.58. The number of rotatable bonds is 6. The number of amides is 2. The van der Waals surface area contributed by atoms with E-state index in [0.717, 1.165) is 5.56 Å². The second kappa shape index (κ2) is 9.83. The Morgan fingerprint density at radius 3 is 2.54 bits per heavy atom. The van der Waals surface area contributed by atoms with Crippen LogP contribution in [0.2, 0.25) is 0 Å². The van der Waals surface area contributed by atoms with Crippen LogP contribution in [0.3, 0.4) is 0 Å². The summed E-state index contributed by atoms with van der Waals surface area (Å²) >= 11 is 0. The largest absolute Gasteiger partial charge is 0.480 e. The second-order valence-corrected chi connectivity index (χ2v) is 8.62. The molecular formula is C25H28FN5O4. The first kappa shape index (κ1) is 24.3. The number of H-pyrrole nitrogens is 1. The van der Waals surface area contributed by atoms with E-state index in [-0.39, 0.29) is 40.8 Å². The van der Waals surface area contributed by atoms with Crippen LogP contribution in [0.4, 0.5) is 4.39 Å². The Morgan fingerprint density at radius 2 is 1.91 bits per heavy atom. The molecule has 184 valence electrons. The summed E-state index contributed by atoms with van der Waals surface area (Å²) in [5.74, 6) is -1.88. The molecule has 9 nitrogen and oxygen atoms in total. The maximum atomic E-state index is 13.6. The van der Waals surface area contributed by atoms with Gasteiger partial charge >= 0.3 is 0 Å². The van der Waals surface area contributed by atoms with Gasteiger partial charge in [0, 0.05) is 50.3 Å². The van der Waals surface area contributed by atoms with Crippen molar-refractivity contribution in [3.05, 3.63) is 59.0 Å². The van der Waals surface area contributed by atoms with Crippen LogP contribution in [0.15, 0.2) is 36.5 Å². The van der Waals surface area contributed by atoms with Gasteiger partial charge < -0.3 is 19.9 Å². The number of halogens is 1. The lowest BCUT2D eigenvalue weighted by atomic mass is 10.0. The lowest BCUT2D eigenvalue weighted by molar-refractivity contribution is -0.116. The molecule has 2 amide bonds. The van der Waals surface area contributed by atoms with Crippen molar-refractivity contribution in [1.82, 2.24) is 25.1 Å². The molecule has 10 heteroatoms. The normalized spacial score (nSPS) is 17.3. The number of pyridine rings is 1. The zero-order valence-corrected chi connectivity index (χ0v) is 20.1. The minimum atomic E-state index is -0.755. The quantitative estimate of drug-likeness (QED) is 0.414. The molecular weight excluding hydrogens is 453 g/mol. The molecule has 0 radical (unpaired) electrons. The molecule has 0 bridgehead atoms. The Morgan fingerprint density at radius 1 is 1.20 bits per heavy atom. The molecule has 2 aromatic heterocycles. The van der Waals surface area contributed by atoms with E-state index >= 15 is 0 Å². The highest BCUT2D eigenvalue weighted by Gasteiger charge is 2.33. The topological polar surface area (TPSA) is 108 Å². The zero-order valence-electron chi connectivity index (χ0n) is 20.1. The maximum absolute atomic E-state index is 13.6. The minimum absolute atomic E-state index is 0.0704. The molecule has 1 aliphatic rings. The summed E-state index contributed by atoms with van der Waals surface area (Å²) in [5.41, 5.74) is 1.71. The van der Waals surface area contributed by atoms with E-state index in [0.29, 0.717) is 30.7 Å². The molecule has 35 heavy (non-hydrogen) atoms. The van der Waals surface area contributed by atoms with Gasteiger partial charge in [-0.1, -0.05) is 12.1 Å². The first-order valence-corrected chi connectivity index (χ1v) is 11.4. The number of ketones is 1. The van der Waals surface area contributed by atoms with Gasteiger partial charge in [0.05, 0.1) is 12.7 Å². The van der Waals surface area contributed by atoms with Crippen LogP contribution < -0.4 is 10.1 Å². The SMILES string of the molecule is CNC(=O)C(=O)c1c[nH]c2nc(OC)c(C(=O)N3CCN([C@@H](C)c4ccc(F)cc4)C[C@H]3C)cc12. The highest BCUT2D eigenvalue weighted by Crippen LogP contribution is 2.29. The third-order valence-corrected chi connectivity index (χ3v) is 6.55. The van der Waals surface area contributed by atoms with Crippen molar-refractivity contribution in [1.29, 1.82) is 0 Å². The van der Waals surface area contributed by atoms with Crippen molar-refractivity contribution in [3.8, 4) is 5.88 Å². The summed E-state index contributed by atoms with van der Waals surface area (Å²) in [4.78, 5) is 49.2. The summed E-state index contributed by atoms with van der Waals surface area (Å²) in [5, 5.41) is 2.69. The summed E-state index contributed by atoms with van der Waals surface area (Å²) in [6.45, 7) is 5.78. The first-order valence-electron chi connectivity index (χ1n) is 11.4. The Bertz CT molecular complexity index is 1270. The third-order valence-electron chi connectivity index (χ3n) is 6.55.